The van der Waals surface area contributed by atoms with Gasteiger partial charge in [0.05, 0.1) is 10.6 Å². The number of carbonyl (C=O) groups is 1. The molecular formula is C22H27N3O3S2. The Morgan fingerprint density at radius 1 is 1.07 bits per heavy atom. The van der Waals surface area contributed by atoms with Crippen molar-refractivity contribution in [1.82, 2.24) is 0 Å². The van der Waals surface area contributed by atoms with E-state index < -0.39 is 10.0 Å². The molecule has 160 valence electrons. The van der Waals surface area contributed by atoms with E-state index in [0.29, 0.717) is 17.8 Å². The Labute approximate surface area is 182 Å². The lowest BCUT2D eigenvalue weighted by atomic mass is 9.99. The molecule has 0 spiro atoms. The van der Waals surface area contributed by atoms with Crippen molar-refractivity contribution in [2.24, 2.45) is 5.92 Å². The molecule has 0 radical (unpaired) electrons. The Balaban J connectivity index is 1.50. The van der Waals surface area contributed by atoms with E-state index in [0.717, 1.165) is 29.6 Å². The summed E-state index contributed by atoms with van der Waals surface area (Å²) in [5, 5.41) is 2.97. The van der Waals surface area contributed by atoms with Gasteiger partial charge in [0.2, 0.25) is 5.91 Å². The number of rotatable bonds is 4. The van der Waals surface area contributed by atoms with Crippen LogP contribution in [0.15, 0.2) is 52.3 Å². The highest BCUT2D eigenvalue weighted by atomic mass is 32.2. The maximum Gasteiger partial charge on any atom is 0.261 e. The SMILES string of the molecule is CC1CCN(c2ccc(NS(=O)(=O)c3ccc4c(c3)NC(=O)CC(C)S4)cc2)CC1. The molecule has 2 aliphatic rings. The van der Waals surface area contributed by atoms with Crippen LogP contribution in [0.1, 0.15) is 33.1 Å². The first-order valence-electron chi connectivity index (χ1n) is 10.3. The number of benzene rings is 2. The Morgan fingerprint density at radius 3 is 2.47 bits per heavy atom. The van der Waals surface area contributed by atoms with Gasteiger partial charge in [0.15, 0.2) is 0 Å². The van der Waals surface area contributed by atoms with Gasteiger partial charge in [0.25, 0.3) is 10.0 Å². The molecule has 1 unspecified atom stereocenters. The third-order valence-electron chi connectivity index (χ3n) is 5.60. The van der Waals surface area contributed by atoms with Gasteiger partial charge in [-0.15, -0.1) is 11.8 Å². The van der Waals surface area contributed by atoms with E-state index >= 15 is 0 Å². The molecule has 2 aliphatic heterocycles. The monoisotopic (exact) mass is 445 g/mol. The molecule has 2 N–H and O–H groups in total. The van der Waals surface area contributed by atoms with Gasteiger partial charge >= 0.3 is 0 Å². The highest BCUT2D eigenvalue weighted by Gasteiger charge is 2.22. The zero-order valence-electron chi connectivity index (χ0n) is 17.2. The fraction of sp³-hybridized carbons (Fsp3) is 0.409. The van der Waals surface area contributed by atoms with Crippen LogP contribution in [-0.2, 0) is 14.8 Å². The van der Waals surface area contributed by atoms with E-state index in [4.69, 9.17) is 0 Å². The molecule has 2 heterocycles. The standard InChI is InChI=1S/C22H27N3O3S2/c1-15-9-11-25(12-10-15)18-5-3-17(4-6-18)24-30(27,28)19-7-8-21-20(14-19)23-22(26)13-16(2)29-21/h3-8,14-16,24H,9-13H2,1-2H3,(H,23,26). The number of hydrogen-bond acceptors (Lipinski definition) is 5. The molecule has 2 aromatic rings. The van der Waals surface area contributed by atoms with Crippen molar-refractivity contribution < 1.29 is 13.2 Å². The molecule has 6 nitrogen and oxygen atoms in total. The van der Waals surface area contributed by atoms with Gasteiger partial charge in [0, 0.05) is 41.0 Å². The van der Waals surface area contributed by atoms with Crippen molar-refractivity contribution in [1.29, 1.82) is 0 Å². The van der Waals surface area contributed by atoms with Crippen molar-refractivity contribution >= 4 is 44.8 Å². The predicted octanol–water partition coefficient (Wildman–Crippen LogP) is 4.55. The van der Waals surface area contributed by atoms with Crippen LogP contribution in [0.5, 0.6) is 0 Å². The third kappa shape index (κ3) is 4.75. The second-order valence-electron chi connectivity index (χ2n) is 8.16. The van der Waals surface area contributed by atoms with Crippen LogP contribution >= 0.6 is 11.8 Å². The first kappa shape index (κ1) is 21.1. The summed E-state index contributed by atoms with van der Waals surface area (Å²) in [4.78, 5) is 15.3. The number of nitrogens with zero attached hydrogens (tertiary/aromatic N) is 1. The predicted molar refractivity (Wildman–Crippen MR) is 123 cm³/mol. The van der Waals surface area contributed by atoms with Crippen LogP contribution < -0.4 is 14.9 Å². The lowest BCUT2D eigenvalue weighted by Gasteiger charge is -2.32. The maximum absolute atomic E-state index is 12.9. The van der Waals surface area contributed by atoms with Crippen molar-refractivity contribution in [3.63, 3.8) is 0 Å². The molecule has 1 atom stereocenters. The largest absolute Gasteiger partial charge is 0.372 e. The van der Waals surface area contributed by atoms with Crippen LogP contribution in [0.4, 0.5) is 17.1 Å². The van der Waals surface area contributed by atoms with E-state index in [2.05, 4.69) is 21.9 Å². The molecule has 30 heavy (non-hydrogen) atoms. The van der Waals surface area contributed by atoms with Crippen LogP contribution in [0, 0.1) is 5.92 Å². The summed E-state index contributed by atoms with van der Waals surface area (Å²) in [6.07, 6.45) is 2.77. The molecule has 0 aliphatic carbocycles. The van der Waals surface area contributed by atoms with Crippen molar-refractivity contribution in [2.45, 2.75) is 48.2 Å². The first-order valence-corrected chi connectivity index (χ1v) is 12.6. The summed E-state index contributed by atoms with van der Waals surface area (Å²) in [5.74, 6) is 0.665. The fourth-order valence-electron chi connectivity index (χ4n) is 3.82. The summed E-state index contributed by atoms with van der Waals surface area (Å²) in [5.41, 5.74) is 2.18. The number of nitrogens with one attached hydrogen (secondary N) is 2. The summed E-state index contributed by atoms with van der Waals surface area (Å²) in [7, 11) is -3.76. The average molecular weight is 446 g/mol. The quantitative estimate of drug-likeness (QED) is 0.722. The molecule has 8 heteroatoms. The summed E-state index contributed by atoms with van der Waals surface area (Å²) in [6.45, 7) is 6.33. The topological polar surface area (TPSA) is 78.5 Å². The van der Waals surface area contributed by atoms with E-state index in [1.165, 1.54) is 18.9 Å². The van der Waals surface area contributed by atoms with Crippen LogP contribution in [0.25, 0.3) is 0 Å². The number of anilines is 3. The molecule has 0 aromatic heterocycles. The Kier molecular flexibility index (Phi) is 5.97. The minimum absolute atomic E-state index is 0.0982. The lowest BCUT2D eigenvalue weighted by Crippen LogP contribution is -2.32. The van der Waals surface area contributed by atoms with Crippen molar-refractivity contribution in [2.75, 3.05) is 28.0 Å². The van der Waals surface area contributed by atoms with E-state index in [-0.39, 0.29) is 16.1 Å². The molecule has 0 saturated carbocycles. The molecular weight excluding hydrogens is 418 g/mol. The molecule has 0 bridgehead atoms. The van der Waals surface area contributed by atoms with Gasteiger partial charge in [-0.05, 0) is 61.2 Å². The van der Waals surface area contributed by atoms with Crippen LogP contribution in [0.2, 0.25) is 0 Å². The van der Waals surface area contributed by atoms with Gasteiger partial charge in [-0.25, -0.2) is 8.42 Å². The van der Waals surface area contributed by atoms with Crippen molar-refractivity contribution in [3.8, 4) is 0 Å². The van der Waals surface area contributed by atoms with Gasteiger partial charge in [-0.2, -0.15) is 0 Å². The molecule has 2 aromatic carbocycles. The number of hydrogen-bond donors (Lipinski definition) is 2. The number of carbonyl (C=O) groups excluding carboxylic acids is 1. The number of piperidine rings is 1. The van der Waals surface area contributed by atoms with Gasteiger partial charge in [-0.3, -0.25) is 9.52 Å². The Bertz CT molecular complexity index is 1030. The fourth-order valence-corrected chi connectivity index (χ4v) is 5.95. The van der Waals surface area contributed by atoms with Crippen LogP contribution in [-0.4, -0.2) is 32.7 Å². The summed E-state index contributed by atoms with van der Waals surface area (Å²) < 4.78 is 28.5. The summed E-state index contributed by atoms with van der Waals surface area (Å²) >= 11 is 1.57. The van der Waals surface area contributed by atoms with E-state index in [1.54, 1.807) is 36.0 Å². The Hall–Kier alpha value is -2.19. The zero-order valence-corrected chi connectivity index (χ0v) is 18.9. The van der Waals surface area contributed by atoms with Gasteiger partial charge in [-0.1, -0.05) is 13.8 Å². The second-order valence-corrected chi connectivity index (χ2v) is 11.3. The highest BCUT2D eigenvalue weighted by Crippen LogP contribution is 2.36. The smallest absolute Gasteiger partial charge is 0.261 e. The molecule has 1 amide bonds. The van der Waals surface area contributed by atoms with Gasteiger partial charge < -0.3 is 10.2 Å². The minimum atomic E-state index is -3.76. The average Bonchev–Trinajstić information content (AvgIpc) is 2.84. The number of thioether (sulfide) groups is 1. The zero-order chi connectivity index (χ0) is 21.3. The van der Waals surface area contributed by atoms with E-state index in [1.807, 2.05) is 19.1 Å². The third-order valence-corrected chi connectivity index (χ3v) is 8.16. The van der Waals surface area contributed by atoms with Gasteiger partial charge in [0.1, 0.15) is 0 Å². The lowest BCUT2D eigenvalue weighted by molar-refractivity contribution is -0.116. The Morgan fingerprint density at radius 2 is 1.77 bits per heavy atom. The molecule has 1 saturated heterocycles. The number of fused-ring (bicyclic) bond motifs is 1. The first-order chi connectivity index (χ1) is 14.3. The van der Waals surface area contributed by atoms with Crippen molar-refractivity contribution in [3.05, 3.63) is 42.5 Å². The normalized spacial score (nSPS) is 20.3. The number of amides is 1. The summed E-state index contributed by atoms with van der Waals surface area (Å²) in [6, 6.07) is 12.4. The molecule has 1 fully saturated rings. The van der Waals surface area contributed by atoms with Crippen LogP contribution in [0.3, 0.4) is 0 Å². The number of sulfonamides is 1. The highest BCUT2D eigenvalue weighted by molar-refractivity contribution is 8.00. The van der Waals surface area contributed by atoms with E-state index in [9.17, 15) is 13.2 Å². The second kappa shape index (κ2) is 8.51. The molecule has 4 rings (SSSR count). The minimum Gasteiger partial charge on any atom is -0.372 e. The maximum atomic E-state index is 12.9.